The van der Waals surface area contributed by atoms with E-state index in [0.29, 0.717) is 24.1 Å². The fraction of sp³-hybridized carbons (Fsp3) is 0.385. The van der Waals surface area contributed by atoms with Crippen LogP contribution in [0.3, 0.4) is 0 Å². The summed E-state index contributed by atoms with van der Waals surface area (Å²) in [6.07, 6.45) is 0. The lowest BCUT2D eigenvalue weighted by atomic mass is 10.1. The van der Waals surface area contributed by atoms with E-state index in [1.807, 2.05) is 18.2 Å². The van der Waals surface area contributed by atoms with Gasteiger partial charge < -0.3 is 15.2 Å². The van der Waals surface area contributed by atoms with Crippen LogP contribution in [0.25, 0.3) is 0 Å². The van der Waals surface area contributed by atoms with Crippen LogP contribution in [0.5, 0.6) is 11.5 Å². The number of ether oxygens (including phenoxy) is 2. The lowest BCUT2D eigenvalue weighted by Crippen LogP contribution is -2.18. The number of rotatable bonds is 4. The van der Waals surface area contributed by atoms with E-state index in [4.69, 9.17) is 15.2 Å². The highest BCUT2D eigenvalue weighted by atomic mass is 32.2. The van der Waals surface area contributed by atoms with Crippen molar-refractivity contribution in [2.45, 2.75) is 11.2 Å². The summed E-state index contributed by atoms with van der Waals surface area (Å²) in [4.78, 5) is 11.3. The van der Waals surface area contributed by atoms with E-state index in [-0.39, 0.29) is 11.7 Å². The van der Waals surface area contributed by atoms with Crippen LogP contribution in [0.15, 0.2) is 28.2 Å². The van der Waals surface area contributed by atoms with Crippen LogP contribution in [0.4, 0.5) is 0 Å². The van der Waals surface area contributed by atoms with Crippen molar-refractivity contribution in [1.29, 1.82) is 0 Å². The van der Waals surface area contributed by atoms with Crippen molar-refractivity contribution < 1.29 is 9.47 Å². The zero-order valence-corrected chi connectivity index (χ0v) is 12.4. The van der Waals surface area contributed by atoms with E-state index < -0.39 is 0 Å². The molecule has 1 aliphatic rings. The van der Waals surface area contributed by atoms with Gasteiger partial charge in [-0.3, -0.25) is 4.57 Å². The standard InChI is InChI=1S/C13H16N4O3S/c1-17-12(18)15-16-13(17)21-7-9(14)8-2-3-10-11(6-8)20-5-4-19-10/h2-3,6,9H,4-5,7,14H2,1H3,(H,15,18). The minimum Gasteiger partial charge on any atom is -0.486 e. The Morgan fingerprint density at radius 3 is 2.90 bits per heavy atom. The first-order valence-electron chi connectivity index (χ1n) is 6.54. The number of thioether (sulfide) groups is 1. The molecule has 7 nitrogen and oxygen atoms in total. The van der Waals surface area contributed by atoms with Crippen LogP contribution in [0.2, 0.25) is 0 Å². The average Bonchev–Trinajstić information content (AvgIpc) is 2.84. The Bertz CT molecular complexity index is 697. The van der Waals surface area contributed by atoms with Crippen molar-refractivity contribution in [3.05, 3.63) is 34.2 Å². The Labute approximate surface area is 125 Å². The minimum absolute atomic E-state index is 0.183. The number of nitrogens with two attached hydrogens (primary N) is 1. The first-order valence-corrected chi connectivity index (χ1v) is 7.53. The van der Waals surface area contributed by atoms with Crippen molar-refractivity contribution in [3.8, 4) is 11.5 Å². The molecule has 0 saturated carbocycles. The van der Waals surface area contributed by atoms with E-state index in [0.717, 1.165) is 17.1 Å². The van der Waals surface area contributed by atoms with Crippen molar-refractivity contribution in [2.75, 3.05) is 19.0 Å². The monoisotopic (exact) mass is 308 g/mol. The first-order chi connectivity index (χ1) is 10.1. The molecule has 0 radical (unpaired) electrons. The Morgan fingerprint density at radius 2 is 2.19 bits per heavy atom. The molecule has 2 aromatic rings. The highest BCUT2D eigenvalue weighted by Crippen LogP contribution is 2.33. The molecule has 8 heteroatoms. The Morgan fingerprint density at radius 1 is 1.43 bits per heavy atom. The van der Waals surface area contributed by atoms with Gasteiger partial charge in [0.25, 0.3) is 0 Å². The number of benzene rings is 1. The molecule has 0 bridgehead atoms. The summed E-state index contributed by atoms with van der Waals surface area (Å²) in [5.41, 5.74) is 6.92. The van der Waals surface area contributed by atoms with Gasteiger partial charge in [0.1, 0.15) is 13.2 Å². The Balaban J connectivity index is 1.69. The molecule has 1 aromatic heterocycles. The summed E-state index contributed by atoms with van der Waals surface area (Å²) in [5, 5.41) is 6.96. The molecule has 3 N–H and O–H groups in total. The molecule has 0 spiro atoms. The molecule has 21 heavy (non-hydrogen) atoms. The second-order valence-electron chi connectivity index (χ2n) is 4.69. The third-order valence-electron chi connectivity index (χ3n) is 3.23. The van der Waals surface area contributed by atoms with Crippen LogP contribution in [-0.4, -0.2) is 33.7 Å². The minimum atomic E-state index is -0.231. The molecule has 0 amide bonds. The van der Waals surface area contributed by atoms with Crippen LogP contribution in [0.1, 0.15) is 11.6 Å². The zero-order chi connectivity index (χ0) is 14.8. The van der Waals surface area contributed by atoms with Gasteiger partial charge in [-0.25, -0.2) is 9.89 Å². The quantitative estimate of drug-likeness (QED) is 0.806. The highest BCUT2D eigenvalue weighted by molar-refractivity contribution is 7.99. The third-order valence-corrected chi connectivity index (χ3v) is 4.37. The molecule has 2 heterocycles. The number of fused-ring (bicyclic) bond motifs is 1. The van der Waals surface area contributed by atoms with Crippen molar-refractivity contribution in [3.63, 3.8) is 0 Å². The van der Waals surface area contributed by atoms with E-state index in [1.165, 1.54) is 16.3 Å². The number of hydrogen-bond acceptors (Lipinski definition) is 6. The predicted molar refractivity (Wildman–Crippen MR) is 78.9 cm³/mol. The lowest BCUT2D eigenvalue weighted by molar-refractivity contribution is 0.171. The first kappa shape index (κ1) is 14.0. The van der Waals surface area contributed by atoms with Crippen molar-refractivity contribution >= 4 is 11.8 Å². The SMILES string of the molecule is Cn1c(SCC(N)c2ccc3c(c2)OCCO3)n[nH]c1=O. The number of aromatic amines is 1. The molecule has 3 rings (SSSR count). The second-order valence-corrected chi connectivity index (χ2v) is 5.68. The van der Waals surface area contributed by atoms with Gasteiger partial charge in [-0.1, -0.05) is 17.8 Å². The summed E-state index contributed by atoms with van der Waals surface area (Å²) >= 11 is 1.43. The van der Waals surface area contributed by atoms with Gasteiger partial charge >= 0.3 is 5.69 Å². The highest BCUT2D eigenvalue weighted by Gasteiger charge is 2.16. The summed E-state index contributed by atoms with van der Waals surface area (Å²) in [6, 6.07) is 5.53. The normalized spacial score (nSPS) is 15.0. The van der Waals surface area contributed by atoms with Crippen LogP contribution in [-0.2, 0) is 7.05 Å². The van der Waals surface area contributed by atoms with Gasteiger partial charge in [0.05, 0.1) is 0 Å². The molecule has 112 valence electrons. The number of aromatic nitrogens is 3. The number of nitrogens with zero attached hydrogens (tertiary/aromatic N) is 2. The predicted octanol–water partition coefficient (Wildman–Crippen LogP) is 0.672. The van der Waals surface area contributed by atoms with Crippen molar-refractivity contribution in [1.82, 2.24) is 14.8 Å². The van der Waals surface area contributed by atoms with Gasteiger partial charge in [0.15, 0.2) is 16.7 Å². The van der Waals surface area contributed by atoms with Gasteiger partial charge in [0.2, 0.25) is 0 Å². The topological polar surface area (TPSA) is 95.2 Å². The molecular weight excluding hydrogens is 292 g/mol. The number of nitrogens with one attached hydrogen (secondary N) is 1. The Hall–Kier alpha value is -1.93. The molecule has 0 fully saturated rings. The maximum Gasteiger partial charge on any atom is 0.343 e. The fourth-order valence-corrected chi connectivity index (χ4v) is 2.92. The molecule has 1 aliphatic heterocycles. The third kappa shape index (κ3) is 2.91. The average molecular weight is 308 g/mol. The number of H-pyrrole nitrogens is 1. The summed E-state index contributed by atoms with van der Waals surface area (Å²) in [7, 11) is 1.67. The van der Waals surface area contributed by atoms with Gasteiger partial charge in [-0.2, -0.15) is 0 Å². The number of hydrogen-bond donors (Lipinski definition) is 2. The molecule has 1 atom stereocenters. The fourth-order valence-electron chi connectivity index (χ4n) is 2.01. The molecule has 1 aromatic carbocycles. The zero-order valence-electron chi connectivity index (χ0n) is 11.5. The Kier molecular flexibility index (Phi) is 3.89. The summed E-state index contributed by atoms with van der Waals surface area (Å²) < 4.78 is 12.5. The lowest BCUT2D eigenvalue weighted by Gasteiger charge is -2.20. The smallest absolute Gasteiger partial charge is 0.343 e. The van der Waals surface area contributed by atoms with E-state index in [2.05, 4.69) is 10.2 Å². The van der Waals surface area contributed by atoms with E-state index >= 15 is 0 Å². The molecule has 1 unspecified atom stereocenters. The van der Waals surface area contributed by atoms with E-state index in [9.17, 15) is 4.79 Å². The summed E-state index contributed by atoms with van der Waals surface area (Å²) in [5.74, 6) is 2.09. The van der Waals surface area contributed by atoms with Gasteiger partial charge in [-0.05, 0) is 17.7 Å². The second kappa shape index (κ2) is 5.82. The largest absolute Gasteiger partial charge is 0.486 e. The van der Waals surface area contributed by atoms with Gasteiger partial charge in [-0.15, -0.1) is 5.10 Å². The summed E-state index contributed by atoms with van der Waals surface area (Å²) in [6.45, 7) is 1.12. The molecule has 0 saturated heterocycles. The maximum absolute atomic E-state index is 11.3. The van der Waals surface area contributed by atoms with E-state index in [1.54, 1.807) is 7.05 Å². The molecular formula is C13H16N4O3S. The van der Waals surface area contributed by atoms with Crippen molar-refractivity contribution in [2.24, 2.45) is 12.8 Å². The maximum atomic E-state index is 11.3. The van der Waals surface area contributed by atoms with Crippen LogP contribution >= 0.6 is 11.8 Å². The van der Waals surface area contributed by atoms with Crippen LogP contribution in [0, 0.1) is 0 Å². The van der Waals surface area contributed by atoms with Gasteiger partial charge in [0, 0.05) is 18.8 Å². The molecule has 0 aliphatic carbocycles. The van der Waals surface area contributed by atoms with Crippen LogP contribution < -0.4 is 20.9 Å².